The van der Waals surface area contributed by atoms with Gasteiger partial charge in [-0.05, 0) is 24.4 Å². The Bertz CT molecular complexity index is 1210. The van der Waals surface area contributed by atoms with Gasteiger partial charge in [0.05, 0.1) is 18.8 Å². The van der Waals surface area contributed by atoms with Crippen molar-refractivity contribution < 1.29 is 46.5 Å². The van der Waals surface area contributed by atoms with Gasteiger partial charge in [0.2, 0.25) is 0 Å². The average molecular weight is 556 g/mol. The van der Waals surface area contributed by atoms with Crippen molar-refractivity contribution in [3.05, 3.63) is 53.3 Å². The molecular formula is C26H29F4N3O6. The van der Waals surface area contributed by atoms with Crippen LogP contribution in [0.1, 0.15) is 25.0 Å². The van der Waals surface area contributed by atoms with Crippen molar-refractivity contribution in [2.24, 2.45) is 5.92 Å². The Morgan fingerprint density at radius 2 is 1.87 bits per heavy atom. The largest absolute Gasteiger partial charge is 0.487 e. The number of nitrogens with zero attached hydrogens (tertiary/aromatic N) is 2. The number of methoxy groups -OCH3 is 1. The molecule has 0 bridgehead atoms. The van der Waals surface area contributed by atoms with Gasteiger partial charge >= 0.3 is 24.1 Å². The molecule has 0 saturated carbocycles. The van der Waals surface area contributed by atoms with Crippen molar-refractivity contribution in [3.63, 3.8) is 0 Å². The first kappa shape index (κ1) is 29.7. The van der Waals surface area contributed by atoms with E-state index in [-0.39, 0.29) is 41.6 Å². The summed E-state index contributed by atoms with van der Waals surface area (Å²) in [5.41, 5.74) is -0.711. The summed E-state index contributed by atoms with van der Waals surface area (Å²) in [6.45, 7) is 3.08. The number of carbonyl (C=O) groups excluding carboxylic acids is 2. The molecule has 2 aromatic carbocycles. The molecule has 2 amide bonds. The lowest BCUT2D eigenvalue weighted by atomic mass is 10.1. The number of carboxylic acid groups (broad SMARTS) is 1. The molecule has 0 aliphatic carbocycles. The number of fused-ring (bicyclic) bond motifs is 1. The van der Waals surface area contributed by atoms with Gasteiger partial charge in [-0.1, -0.05) is 44.2 Å². The minimum atomic E-state index is -5.47. The molecule has 1 heterocycles. The van der Waals surface area contributed by atoms with E-state index < -0.39 is 54.0 Å². The first-order valence-corrected chi connectivity index (χ1v) is 12.1. The number of esters is 1. The number of rotatable bonds is 10. The van der Waals surface area contributed by atoms with Crippen LogP contribution in [0.2, 0.25) is 0 Å². The van der Waals surface area contributed by atoms with Crippen LogP contribution in [0.5, 0.6) is 5.75 Å². The lowest BCUT2D eigenvalue weighted by Gasteiger charge is -2.27. The van der Waals surface area contributed by atoms with Crippen molar-refractivity contribution in [2.75, 3.05) is 36.5 Å². The van der Waals surface area contributed by atoms with Gasteiger partial charge in [0.25, 0.3) is 0 Å². The number of amides is 2. The second-order valence-corrected chi connectivity index (χ2v) is 9.34. The van der Waals surface area contributed by atoms with Gasteiger partial charge in [0, 0.05) is 18.2 Å². The van der Waals surface area contributed by atoms with Gasteiger partial charge in [0.1, 0.15) is 24.6 Å². The van der Waals surface area contributed by atoms with Crippen LogP contribution in [-0.4, -0.2) is 62.0 Å². The van der Waals surface area contributed by atoms with E-state index in [4.69, 9.17) is 4.74 Å². The molecule has 0 fully saturated rings. The standard InChI is InChI=1S/C26H29F4N3O6/c1-15(2)11-31-12-17-9-18-19(33(17)25(36)37)10-20(39-14-16-7-5-4-6-8-16)23(22(18)27)32(13-21(34)38-3)24(35)26(28,29)30/h4-8,10,15,17,31H,9,11-14H2,1-3H3,(H,36,37)/t17-/m0/s1. The fourth-order valence-corrected chi connectivity index (χ4v) is 4.23. The van der Waals surface area contributed by atoms with Gasteiger partial charge in [-0.3, -0.25) is 19.4 Å². The van der Waals surface area contributed by atoms with Crippen LogP contribution in [0.3, 0.4) is 0 Å². The van der Waals surface area contributed by atoms with Crippen LogP contribution >= 0.6 is 0 Å². The minimum Gasteiger partial charge on any atom is -0.487 e. The number of hydrogen-bond acceptors (Lipinski definition) is 6. The summed E-state index contributed by atoms with van der Waals surface area (Å²) in [4.78, 5) is 37.4. The van der Waals surface area contributed by atoms with E-state index in [1.54, 1.807) is 30.3 Å². The Hall–Kier alpha value is -3.87. The highest BCUT2D eigenvalue weighted by atomic mass is 19.4. The molecule has 0 aromatic heterocycles. The number of benzene rings is 2. The first-order chi connectivity index (χ1) is 18.3. The Balaban J connectivity index is 2.15. The molecule has 2 aromatic rings. The Morgan fingerprint density at radius 3 is 2.44 bits per heavy atom. The number of carbonyl (C=O) groups is 3. The Kier molecular flexibility index (Phi) is 9.38. The quantitative estimate of drug-likeness (QED) is 0.335. The van der Waals surface area contributed by atoms with E-state index in [9.17, 15) is 32.7 Å². The predicted octanol–water partition coefficient (Wildman–Crippen LogP) is 4.13. The number of hydrogen-bond donors (Lipinski definition) is 2. The summed E-state index contributed by atoms with van der Waals surface area (Å²) >= 11 is 0. The molecular weight excluding hydrogens is 526 g/mol. The maximum Gasteiger partial charge on any atom is 0.471 e. The third-order valence-corrected chi connectivity index (χ3v) is 6.00. The number of alkyl halides is 3. The molecule has 212 valence electrons. The number of halogens is 4. The minimum absolute atomic E-state index is 0.0861. The van der Waals surface area contributed by atoms with E-state index in [2.05, 4.69) is 10.1 Å². The molecule has 39 heavy (non-hydrogen) atoms. The molecule has 1 atom stereocenters. The molecule has 1 aliphatic rings. The smallest absolute Gasteiger partial charge is 0.471 e. The molecule has 9 nitrogen and oxygen atoms in total. The number of ether oxygens (including phenoxy) is 2. The second kappa shape index (κ2) is 12.3. The molecule has 13 heteroatoms. The van der Waals surface area contributed by atoms with E-state index in [0.717, 1.165) is 18.1 Å². The lowest BCUT2D eigenvalue weighted by Crippen LogP contribution is -2.45. The van der Waals surface area contributed by atoms with Crippen LogP contribution in [0.15, 0.2) is 36.4 Å². The topological polar surface area (TPSA) is 108 Å². The van der Waals surface area contributed by atoms with Gasteiger partial charge in [0.15, 0.2) is 5.82 Å². The number of nitrogens with one attached hydrogen (secondary N) is 1. The van der Waals surface area contributed by atoms with Gasteiger partial charge < -0.3 is 19.9 Å². The van der Waals surface area contributed by atoms with Crippen LogP contribution in [-0.2, 0) is 27.4 Å². The zero-order chi connectivity index (χ0) is 28.9. The highest BCUT2D eigenvalue weighted by Crippen LogP contribution is 2.45. The molecule has 0 radical (unpaired) electrons. The van der Waals surface area contributed by atoms with Crippen molar-refractivity contribution in [3.8, 4) is 5.75 Å². The molecule has 1 aliphatic heterocycles. The molecule has 2 N–H and O–H groups in total. The Morgan fingerprint density at radius 1 is 1.21 bits per heavy atom. The van der Waals surface area contributed by atoms with Crippen molar-refractivity contribution in [1.29, 1.82) is 0 Å². The maximum atomic E-state index is 16.1. The second-order valence-electron chi connectivity index (χ2n) is 9.34. The number of anilines is 2. The van der Waals surface area contributed by atoms with Crippen molar-refractivity contribution in [1.82, 2.24) is 5.32 Å². The zero-order valence-electron chi connectivity index (χ0n) is 21.5. The lowest BCUT2D eigenvalue weighted by molar-refractivity contribution is -0.171. The van der Waals surface area contributed by atoms with E-state index in [1.807, 2.05) is 13.8 Å². The van der Waals surface area contributed by atoms with Crippen molar-refractivity contribution in [2.45, 2.75) is 39.1 Å². The van der Waals surface area contributed by atoms with E-state index in [0.29, 0.717) is 12.1 Å². The van der Waals surface area contributed by atoms with Crippen LogP contribution in [0.4, 0.5) is 33.7 Å². The van der Waals surface area contributed by atoms with Crippen LogP contribution < -0.4 is 19.9 Å². The highest BCUT2D eigenvalue weighted by Gasteiger charge is 2.47. The first-order valence-electron chi connectivity index (χ1n) is 12.1. The molecule has 0 unspecified atom stereocenters. The fraction of sp³-hybridized carbons (Fsp3) is 0.423. The molecule has 0 spiro atoms. The summed E-state index contributed by atoms with van der Waals surface area (Å²) in [7, 11) is 0.907. The molecule has 3 rings (SSSR count). The average Bonchev–Trinajstić information content (AvgIpc) is 3.24. The predicted molar refractivity (Wildman–Crippen MR) is 133 cm³/mol. The third kappa shape index (κ3) is 6.96. The zero-order valence-corrected chi connectivity index (χ0v) is 21.5. The van der Waals surface area contributed by atoms with Crippen LogP contribution in [0.25, 0.3) is 0 Å². The highest BCUT2D eigenvalue weighted by molar-refractivity contribution is 6.03. The summed E-state index contributed by atoms with van der Waals surface area (Å²) < 4.78 is 66.9. The SMILES string of the molecule is COC(=O)CN(C(=O)C(F)(F)F)c1c(OCc2ccccc2)cc2c(c1F)C[C@@H](CNCC(C)C)N2C(=O)O. The fourth-order valence-electron chi connectivity index (χ4n) is 4.23. The van der Waals surface area contributed by atoms with Gasteiger partial charge in [-0.25, -0.2) is 9.18 Å². The van der Waals surface area contributed by atoms with Gasteiger partial charge in [-0.15, -0.1) is 0 Å². The summed E-state index contributed by atoms with van der Waals surface area (Å²) in [5.74, 6) is -5.34. The van der Waals surface area contributed by atoms with E-state index >= 15 is 4.39 Å². The normalized spacial score (nSPS) is 14.8. The summed E-state index contributed by atoms with van der Waals surface area (Å²) in [6.07, 6.45) is -7.05. The third-order valence-electron chi connectivity index (χ3n) is 6.00. The van der Waals surface area contributed by atoms with Gasteiger partial charge in [-0.2, -0.15) is 13.2 Å². The monoisotopic (exact) mass is 555 g/mol. The summed E-state index contributed by atoms with van der Waals surface area (Å²) in [6, 6.07) is 8.69. The maximum absolute atomic E-state index is 16.1. The van der Waals surface area contributed by atoms with E-state index in [1.165, 1.54) is 0 Å². The summed E-state index contributed by atoms with van der Waals surface area (Å²) in [5, 5.41) is 13.0. The Labute approximate surface area is 222 Å². The molecule has 0 saturated heterocycles. The van der Waals surface area contributed by atoms with Crippen LogP contribution in [0, 0.1) is 11.7 Å². The van der Waals surface area contributed by atoms with Crippen molar-refractivity contribution >= 4 is 29.3 Å².